The lowest BCUT2D eigenvalue weighted by Gasteiger charge is -2.19. The molecular weight excluding hydrogens is 538 g/mol. The van der Waals surface area contributed by atoms with Crippen molar-refractivity contribution in [3.63, 3.8) is 0 Å². The highest BCUT2D eigenvalue weighted by Gasteiger charge is 2.24. The Bertz CT molecular complexity index is 1530. The van der Waals surface area contributed by atoms with Gasteiger partial charge in [0.05, 0.1) is 7.11 Å². The molecule has 0 aliphatic rings. The van der Waals surface area contributed by atoms with Crippen molar-refractivity contribution in [2.45, 2.75) is 25.5 Å². The molecule has 0 bridgehead atoms. The molecule has 10 nitrogen and oxygen atoms in total. The highest BCUT2D eigenvalue weighted by atomic mass is 16.5. The number of carbonyl (C=O) groups excluding carboxylic acids is 4. The molecule has 3 aromatic carbocycles. The maximum atomic E-state index is 13.4. The van der Waals surface area contributed by atoms with Crippen molar-refractivity contribution in [3.8, 4) is 0 Å². The third-order valence-corrected chi connectivity index (χ3v) is 6.24. The van der Waals surface area contributed by atoms with Crippen LogP contribution in [0.25, 0.3) is 17.0 Å². The molecule has 3 amide bonds. The summed E-state index contributed by atoms with van der Waals surface area (Å²) in [7, 11) is 1.27. The number of rotatable bonds is 12. The molecule has 4 rings (SSSR count). The number of hydrogen-bond acceptors (Lipinski definition) is 7. The molecule has 0 unspecified atom stereocenters. The molecule has 1 aromatic heterocycles. The Kier molecular flexibility index (Phi) is 10.5. The van der Waals surface area contributed by atoms with Crippen LogP contribution in [0.3, 0.4) is 0 Å². The summed E-state index contributed by atoms with van der Waals surface area (Å²) in [4.78, 5) is 50.2. The van der Waals surface area contributed by atoms with Crippen LogP contribution >= 0.6 is 0 Å². The smallest absolute Gasteiger partial charge is 0.407 e. The minimum absolute atomic E-state index is 0.0676. The van der Waals surface area contributed by atoms with Crippen molar-refractivity contribution in [1.29, 1.82) is 0 Å². The van der Waals surface area contributed by atoms with Crippen LogP contribution in [0.2, 0.25) is 0 Å². The third-order valence-electron chi connectivity index (χ3n) is 6.24. The molecular formula is C32H31N3O7. The first kappa shape index (κ1) is 29.6. The number of fused-ring (bicyclic) bond motifs is 1. The van der Waals surface area contributed by atoms with Gasteiger partial charge in [-0.3, -0.25) is 9.59 Å². The molecule has 1 atom stereocenters. The summed E-state index contributed by atoms with van der Waals surface area (Å²) >= 11 is 0. The van der Waals surface area contributed by atoms with Crippen LogP contribution in [-0.4, -0.2) is 43.6 Å². The molecule has 0 aliphatic heterocycles. The second kappa shape index (κ2) is 14.8. The Morgan fingerprint density at radius 1 is 0.929 bits per heavy atom. The van der Waals surface area contributed by atoms with Gasteiger partial charge in [0.2, 0.25) is 5.91 Å². The van der Waals surface area contributed by atoms with Gasteiger partial charge in [-0.15, -0.1) is 0 Å². The number of alkyl carbamates (subject to hydrolysis) is 1. The van der Waals surface area contributed by atoms with Gasteiger partial charge in [-0.2, -0.15) is 0 Å². The lowest BCUT2D eigenvalue weighted by molar-refractivity contribution is -0.134. The zero-order valence-corrected chi connectivity index (χ0v) is 23.0. The summed E-state index contributed by atoms with van der Waals surface area (Å²) in [5.41, 5.74) is 2.42. The summed E-state index contributed by atoms with van der Waals surface area (Å²) < 4.78 is 15.5. The van der Waals surface area contributed by atoms with E-state index in [1.807, 2.05) is 42.5 Å². The number of hydrogen-bond donors (Lipinski definition) is 3. The number of anilines is 1. The Balaban J connectivity index is 1.40. The second-order valence-electron chi connectivity index (χ2n) is 9.24. The van der Waals surface area contributed by atoms with Gasteiger partial charge in [0.1, 0.15) is 18.2 Å². The highest BCUT2D eigenvalue weighted by molar-refractivity contribution is 6.02. The third kappa shape index (κ3) is 8.56. The number of esters is 1. The van der Waals surface area contributed by atoms with Crippen molar-refractivity contribution >= 4 is 46.6 Å². The molecule has 0 spiro atoms. The van der Waals surface area contributed by atoms with E-state index >= 15 is 0 Å². The quantitative estimate of drug-likeness (QED) is 0.123. The Morgan fingerprint density at radius 3 is 2.45 bits per heavy atom. The number of amides is 3. The summed E-state index contributed by atoms with van der Waals surface area (Å²) in [6, 6.07) is 24.0. The van der Waals surface area contributed by atoms with E-state index in [-0.39, 0.29) is 25.3 Å². The van der Waals surface area contributed by atoms with Crippen molar-refractivity contribution in [2.24, 2.45) is 0 Å². The zero-order chi connectivity index (χ0) is 29.7. The predicted molar refractivity (Wildman–Crippen MR) is 157 cm³/mol. The lowest BCUT2D eigenvalue weighted by atomic mass is 10.1. The van der Waals surface area contributed by atoms with Crippen LogP contribution in [0.5, 0.6) is 0 Å². The van der Waals surface area contributed by atoms with Crippen LogP contribution in [0.1, 0.15) is 34.5 Å². The second-order valence-corrected chi connectivity index (χ2v) is 9.24. The van der Waals surface area contributed by atoms with Gasteiger partial charge in [-0.05, 0) is 48.2 Å². The Labute approximate surface area is 242 Å². The molecule has 216 valence electrons. The van der Waals surface area contributed by atoms with Gasteiger partial charge in [-0.25, -0.2) is 9.59 Å². The minimum atomic E-state index is -0.967. The molecule has 1 heterocycles. The SMILES string of the molecule is COC(=O)C=Cc1ccccc1NC(=O)[C@H](CCCNC(=O)OCc1ccccc1)NC(=O)c1cc2ccccc2o1. The average molecular weight is 570 g/mol. The Hall–Kier alpha value is -5.38. The van der Waals surface area contributed by atoms with E-state index < -0.39 is 29.9 Å². The molecule has 0 radical (unpaired) electrons. The number of furan rings is 1. The molecule has 10 heteroatoms. The molecule has 0 saturated carbocycles. The van der Waals surface area contributed by atoms with Crippen LogP contribution in [0.15, 0.2) is 95.4 Å². The largest absolute Gasteiger partial charge is 0.466 e. The van der Waals surface area contributed by atoms with Crippen molar-refractivity contribution in [3.05, 3.63) is 108 Å². The lowest BCUT2D eigenvalue weighted by Crippen LogP contribution is -2.44. The summed E-state index contributed by atoms with van der Waals surface area (Å²) in [6.45, 7) is 0.353. The first-order chi connectivity index (χ1) is 20.4. The molecule has 0 saturated heterocycles. The van der Waals surface area contributed by atoms with Crippen molar-refractivity contribution in [1.82, 2.24) is 10.6 Å². The van der Waals surface area contributed by atoms with E-state index in [0.717, 1.165) is 10.9 Å². The van der Waals surface area contributed by atoms with Gasteiger partial charge >= 0.3 is 12.1 Å². The van der Waals surface area contributed by atoms with Crippen LogP contribution in [-0.2, 0) is 25.7 Å². The van der Waals surface area contributed by atoms with Gasteiger partial charge < -0.3 is 29.8 Å². The van der Waals surface area contributed by atoms with E-state index in [1.165, 1.54) is 19.3 Å². The van der Waals surface area contributed by atoms with Crippen molar-refractivity contribution in [2.75, 3.05) is 19.0 Å². The maximum Gasteiger partial charge on any atom is 0.407 e. The van der Waals surface area contributed by atoms with E-state index in [2.05, 4.69) is 20.7 Å². The van der Waals surface area contributed by atoms with Gasteiger partial charge in [0, 0.05) is 23.7 Å². The maximum absolute atomic E-state index is 13.4. The number of benzene rings is 3. The number of para-hydroxylation sites is 2. The Morgan fingerprint density at radius 2 is 1.67 bits per heavy atom. The van der Waals surface area contributed by atoms with Gasteiger partial charge in [0.15, 0.2) is 5.76 Å². The normalized spacial score (nSPS) is 11.5. The fourth-order valence-electron chi connectivity index (χ4n) is 4.06. The van der Waals surface area contributed by atoms with E-state index in [9.17, 15) is 19.2 Å². The minimum Gasteiger partial charge on any atom is -0.466 e. The average Bonchev–Trinajstić information content (AvgIpc) is 3.46. The first-order valence-electron chi connectivity index (χ1n) is 13.3. The zero-order valence-electron chi connectivity index (χ0n) is 23.0. The van der Waals surface area contributed by atoms with Gasteiger partial charge in [0.25, 0.3) is 5.91 Å². The molecule has 3 N–H and O–H groups in total. The predicted octanol–water partition coefficient (Wildman–Crippen LogP) is 5.06. The van der Waals surface area contributed by atoms with Crippen LogP contribution < -0.4 is 16.0 Å². The number of ether oxygens (including phenoxy) is 2. The molecule has 0 aliphatic carbocycles. The monoisotopic (exact) mass is 569 g/mol. The van der Waals surface area contributed by atoms with E-state index in [1.54, 1.807) is 42.5 Å². The number of nitrogens with one attached hydrogen (secondary N) is 3. The molecule has 42 heavy (non-hydrogen) atoms. The molecule has 0 fully saturated rings. The van der Waals surface area contributed by atoms with Crippen molar-refractivity contribution < 1.29 is 33.1 Å². The fourth-order valence-corrected chi connectivity index (χ4v) is 4.06. The van der Waals surface area contributed by atoms with Crippen LogP contribution in [0, 0.1) is 0 Å². The summed E-state index contributed by atoms with van der Waals surface area (Å²) in [6.07, 6.45) is 2.75. The van der Waals surface area contributed by atoms with E-state index in [4.69, 9.17) is 9.15 Å². The number of methoxy groups -OCH3 is 1. The summed E-state index contributed by atoms with van der Waals surface area (Å²) in [5, 5.41) is 8.99. The highest BCUT2D eigenvalue weighted by Crippen LogP contribution is 2.20. The topological polar surface area (TPSA) is 136 Å². The van der Waals surface area contributed by atoms with E-state index in [0.29, 0.717) is 23.3 Å². The van der Waals surface area contributed by atoms with Crippen LogP contribution in [0.4, 0.5) is 10.5 Å². The number of carbonyl (C=O) groups is 4. The molecule has 4 aromatic rings. The summed E-state index contributed by atoms with van der Waals surface area (Å²) in [5.74, 6) is -1.51. The standard InChI is InChI=1S/C32H31N3O7/c1-40-29(36)18-17-23-12-5-7-14-25(23)34-30(37)26(35-31(38)28-20-24-13-6-8-16-27(24)42-28)15-9-19-33-32(39)41-21-22-10-3-2-4-11-22/h2-8,10-14,16-18,20,26H,9,15,19,21H2,1H3,(H,33,39)(H,34,37)(H,35,38)/t26-/m0/s1. The first-order valence-corrected chi connectivity index (χ1v) is 13.3. The van der Waals surface area contributed by atoms with Gasteiger partial charge in [-0.1, -0.05) is 66.7 Å². The fraction of sp³-hybridized carbons (Fsp3) is 0.188.